The average Bonchev–Trinajstić information content (AvgIpc) is 0.783. The summed E-state index contributed by atoms with van der Waals surface area (Å²) in [6.07, 6.45) is 26.2. The highest BCUT2D eigenvalue weighted by Crippen LogP contribution is 2.44. The third kappa shape index (κ3) is 22.2. The molecule has 582 valence electrons. The van der Waals surface area contributed by atoms with Crippen LogP contribution in [-0.4, -0.2) is 106 Å². The Hall–Kier alpha value is -7.90. The molecule has 0 amide bonds. The van der Waals surface area contributed by atoms with Crippen molar-refractivity contribution in [2.24, 2.45) is 27.1 Å². The molecule has 5 heterocycles. The molecule has 9 rings (SSSR count). The van der Waals surface area contributed by atoms with Crippen LogP contribution in [0.2, 0.25) is 0 Å². The van der Waals surface area contributed by atoms with E-state index in [0.717, 1.165) is 120 Å². The molecular weight excluding hydrogens is 1390 g/mol. The van der Waals surface area contributed by atoms with Crippen LogP contribution in [0.15, 0.2) is 148 Å². The summed E-state index contributed by atoms with van der Waals surface area (Å²) in [7, 11) is 1.34. The number of methoxy groups -OCH3 is 1. The molecule has 0 saturated carbocycles. The SMILES string of the molecule is C.C.CCC(=O)C1=CN(c2ccc(-c3ccc(N4C=C(C(=O)CC)C(C)(C)CC4)c(C)c3)cc2C)CCC1(C)C.COC(=O)c1cc(/C=C/C(=O)C2=CN(C(C)(C)C)CCC2(C)C)ccc1/C=C/C(=O)C1=CN(C(C)(C)C)CCC1(C)C.Cc1cc(/C=C/C(=O)C2=CN(C(C)(C)C)CCC2(C)C)c(C)cc1Br. The Kier molecular flexibility index (Phi) is 29.5. The number of carbonyl (C=O) groups is 6. The first-order valence-corrected chi connectivity index (χ1v) is 38.7. The largest absolute Gasteiger partial charge is 0.465 e. The van der Waals surface area contributed by atoms with E-state index in [-0.39, 0.29) is 87.5 Å². The molecule has 4 aromatic rings. The molecule has 13 heteroatoms. The Morgan fingerprint density at radius 1 is 0.421 bits per heavy atom. The second-order valence-electron chi connectivity index (χ2n) is 35.8. The molecule has 0 unspecified atom stereocenters. The highest BCUT2D eigenvalue weighted by atomic mass is 79.9. The Labute approximate surface area is 654 Å². The lowest BCUT2D eigenvalue weighted by Gasteiger charge is -2.43. The highest BCUT2D eigenvalue weighted by molar-refractivity contribution is 9.10. The first-order chi connectivity index (χ1) is 48.5. The fourth-order valence-electron chi connectivity index (χ4n) is 14.3. The molecule has 0 saturated heterocycles. The van der Waals surface area contributed by atoms with Crippen LogP contribution in [-0.2, 0) is 28.7 Å². The van der Waals surface area contributed by atoms with E-state index in [2.05, 4.69) is 267 Å². The van der Waals surface area contributed by atoms with Crippen LogP contribution < -0.4 is 9.80 Å². The van der Waals surface area contributed by atoms with Crippen molar-refractivity contribution >= 4 is 80.4 Å². The van der Waals surface area contributed by atoms with Crippen molar-refractivity contribution < 1.29 is 33.5 Å². The lowest BCUT2D eigenvalue weighted by Crippen LogP contribution is -2.44. The Morgan fingerprint density at radius 2 is 0.766 bits per heavy atom. The van der Waals surface area contributed by atoms with Crippen molar-refractivity contribution in [3.05, 3.63) is 193 Å². The smallest absolute Gasteiger partial charge is 0.338 e. The van der Waals surface area contributed by atoms with E-state index < -0.39 is 5.97 Å². The molecule has 107 heavy (non-hydrogen) atoms. The van der Waals surface area contributed by atoms with E-state index in [1.54, 1.807) is 42.5 Å². The number of rotatable bonds is 17. The van der Waals surface area contributed by atoms with Gasteiger partial charge in [0.15, 0.2) is 28.9 Å². The Bertz CT molecular complexity index is 4130. The molecule has 0 bridgehead atoms. The minimum atomic E-state index is -0.503. The van der Waals surface area contributed by atoms with Gasteiger partial charge in [0.1, 0.15) is 0 Å². The number of hydrogen-bond donors (Lipinski definition) is 0. The minimum absolute atomic E-state index is 0. The van der Waals surface area contributed by atoms with Crippen molar-refractivity contribution in [1.29, 1.82) is 0 Å². The number of aryl methyl sites for hydroxylation is 4. The molecular formula is C94H132BrN5O7. The van der Waals surface area contributed by atoms with Crippen LogP contribution in [0.3, 0.4) is 0 Å². The summed E-state index contributed by atoms with van der Waals surface area (Å²) in [5.41, 5.74) is 15.6. The average molecular weight is 1520 g/mol. The van der Waals surface area contributed by atoms with Gasteiger partial charge in [-0.05, 0) is 254 Å². The van der Waals surface area contributed by atoms with Gasteiger partial charge in [-0.2, -0.15) is 0 Å². The van der Waals surface area contributed by atoms with Gasteiger partial charge in [-0.1, -0.05) is 162 Å². The number of ketones is 5. The number of halogens is 1. The Balaban J connectivity index is 0.000000294. The van der Waals surface area contributed by atoms with E-state index in [4.69, 9.17) is 4.74 Å². The second kappa shape index (κ2) is 35.2. The van der Waals surface area contributed by atoms with E-state index >= 15 is 0 Å². The molecule has 0 radical (unpaired) electrons. The van der Waals surface area contributed by atoms with Crippen LogP contribution in [0, 0.1) is 54.8 Å². The second-order valence-corrected chi connectivity index (χ2v) is 36.7. The minimum Gasteiger partial charge on any atom is -0.465 e. The maximum Gasteiger partial charge on any atom is 0.338 e. The van der Waals surface area contributed by atoms with Crippen LogP contribution in [0.4, 0.5) is 11.4 Å². The van der Waals surface area contributed by atoms with E-state index in [1.165, 1.54) is 34.9 Å². The monoisotopic (exact) mass is 1520 g/mol. The molecule has 5 aliphatic rings. The third-order valence-corrected chi connectivity index (χ3v) is 23.1. The molecule has 5 aliphatic heterocycles. The zero-order chi connectivity index (χ0) is 78.5. The summed E-state index contributed by atoms with van der Waals surface area (Å²) >= 11 is 3.56. The van der Waals surface area contributed by atoms with Crippen molar-refractivity contribution in [2.45, 2.75) is 250 Å². The molecule has 0 atom stereocenters. The fraction of sp³-hybridized carbons (Fsp3) is 0.511. The number of Topliss-reactive ketones (excluding diaryl/α,β-unsaturated/α-hetero) is 2. The molecule has 0 aliphatic carbocycles. The van der Waals surface area contributed by atoms with Crippen molar-refractivity contribution in [2.75, 3.05) is 49.6 Å². The third-order valence-electron chi connectivity index (χ3n) is 22.2. The van der Waals surface area contributed by atoms with Crippen molar-refractivity contribution in [3.8, 4) is 11.1 Å². The predicted octanol–water partition coefficient (Wildman–Crippen LogP) is 23.0. The van der Waals surface area contributed by atoms with E-state index in [9.17, 15) is 28.8 Å². The maximum absolute atomic E-state index is 13.4. The van der Waals surface area contributed by atoms with Gasteiger partial charge < -0.3 is 29.2 Å². The van der Waals surface area contributed by atoms with E-state index in [0.29, 0.717) is 29.5 Å². The molecule has 0 fully saturated rings. The standard InChI is InChI=1S/C36H50N2O4.C34H44N2O2.C22H30BrNO.2CH4/c1-33(2,3)37-20-18-35(7,8)28(23-37)30(39)16-13-25-12-14-26(27(22-25)32(41)42-11)15-17-31(40)29-24-38(34(4,5)6)21-19-36(29,9)10;1-9-31(37)27-21-35(17-15-33(27,5)6)29-13-11-25(19-23(29)3)26-12-14-30(24(4)20-26)36-18-16-34(7,8)28(22-36)32(38)10-2;1-15-13-19(23)16(2)12-17(15)8-9-20(25)18-14-24(21(3,4)5)11-10-22(18,6)7;;/h12-17,22-24H,18-21H2,1-11H3;11-14,19-22H,9-10,15-18H2,1-8H3;8-9,12-14H,10-11H2,1-7H3;2*1H4/b16-13+,17-15+;;9-8+;;. The summed E-state index contributed by atoms with van der Waals surface area (Å²) in [4.78, 5) is 88.9. The summed E-state index contributed by atoms with van der Waals surface area (Å²) in [6.45, 7) is 57.8. The highest BCUT2D eigenvalue weighted by Gasteiger charge is 2.39. The number of allylic oxidation sites excluding steroid dienone is 8. The van der Waals surface area contributed by atoms with Gasteiger partial charge in [-0.3, -0.25) is 24.0 Å². The first kappa shape index (κ1) is 89.7. The molecule has 0 N–H and O–H groups in total. The van der Waals surface area contributed by atoms with Gasteiger partial charge in [0.25, 0.3) is 0 Å². The van der Waals surface area contributed by atoms with Crippen LogP contribution in [0.5, 0.6) is 0 Å². The fourth-order valence-corrected chi connectivity index (χ4v) is 14.7. The summed E-state index contributed by atoms with van der Waals surface area (Å²) in [5, 5.41) is 0. The lowest BCUT2D eigenvalue weighted by atomic mass is 9.76. The number of anilines is 2. The zero-order valence-corrected chi connectivity index (χ0v) is 70.2. The maximum atomic E-state index is 13.4. The number of hydrogen-bond acceptors (Lipinski definition) is 12. The predicted molar refractivity (Wildman–Crippen MR) is 455 cm³/mol. The summed E-state index contributed by atoms with van der Waals surface area (Å²) in [6, 6.07) is 22.8. The Morgan fingerprint density at radius 3 is 1.11 bits per heavy atom. The van der Waals surface area contributed by atoms with Gasteiger partial charge in [0, 0.05) is 137 Å². The number of ether oxygens (including phenoxy) is 1. The number of carbonyl (C=O) groups excluding carboxylic acids is 6. The number of esters is 1. The summed E-state index contributed by atoms with van der Waals surface area (Å²) < 4.78 is 6.15. The molecule has 4 aromatic carbocycles. The summed E-state index contributed by atoms with van der Waals surface area (Å²) in [5.74, 6) is -0.0378. The topological polar surface area (TPSA) is 128 Å². The number of nitrogens with zero attached hydrogens (tertiary/aromatic N) is 5. The van der Waals surface area contributed by atoms with Gasteiger partial charge in [0.2, 0.25) is 0 Å². The van der Waals surface area contributed by atoms with Gasteiger partial charge in [-0.25, -0.2) is 4.79 Å². The molecule has 12 nitrogen and oxygen atoms in total. The van der Waals surface area contributed by atoms with Crippen LogP contribution in [0.25, 0.3) is 29.4 Å². The van der Waals surface area contributed by atoms with Gasteiger partial charge in [0.05, 0.1) is 12.7 Å². The molecule has 0 spiro atoms. The first-order valence-electron chi connectivity index (χ1n) is 37.9. The van der Waals surface area contributed by atoms with Gasteiger partial charge >= 0.3 is 5.97 Å². The van der Waals surface area contributed by atoms with Gasteiger partial charge in [-0.15, -0.1) is 0 Å². The number of benzene rings is 4. The zero-order valence-electron chi connectivity index (χ0n) is 68.7. The van der Waals surface area contributed by atoms with E-state index in [1.807, 2.05) is 38.4 Å². The van der Waals surface area contributed by atoms with Crippen LogP contribution >= 0.6 is 15.9 Å². The lowest BCUT2D eigenvalue weighted by molar-refractivity contribution is -0.117. The van der Waals surface area contributed by atoms with Crippen molar-refractivity contribution in [3.63, 3.8) is 0 Å². The normalized spacial score (nSPS) is 18.3. The van der Waals surface area contributed by atoms with Crippen LogP contribution in [0.1, 0.15) is 254 Å². The van der Waals surface area contributed by atoms with Crippen molar-refractivity contribution in [1.82, 2.24) is 14.7 Å². The quantitative estimate of drug-likeness (QED) is 0.0737. The molecule has 0 aromatic heterocycles.